The normalized spacial score (nSPS) is 12.0. The molecule has 9 heteroatoms. The van der Waals surface area contributed by atoms with Crippen LogP contribution < -0.4 is 5.32 Å². The Morgan fingerprint density at radius 3 is 2.23 bits per heavy atom. The van der Waals surface area contributed by atoms with Gasteiger partial charge in [0.05, 0.1) is 16.6 Å². The van der Waals surface area contributed by atoms with E-state index in [4.69, 9.17) is 23.2 Å². The maximum Gasteiger partial charge on any atom is 0.246 e. The van der Waals surface area contributed by atoms with Gasteiger partial charge in [0.2, 0.25) is 15.9 Å². The Hall–Kier alpha value is -0.340. The van der Waals surface area contributed by atoms with Crippen LogP contribution in [0.3, 0.4) is 0 Å². The number of halogens is 3. The van der Waals surface area contributed by atoms with Gasteiger partial charge in [-0.15, -0.1) is 0 Å². The maximum absolute atomic E-state index is 12.7. The van der Waals surface area contributed by atoms with Crippen LogP contribution in [0, 0.1) is 0 Å². The second-order valence-corrected chi connectivity index (χ2v) is 8.46. The summed E-state index contributed by atoms with van der Waals surface area (Å²) in [6.45, 7) is 5.06. The molecule has 0 heterocycles. The average molecular weight is 432 g/mol. The molecule has 0 unspecified atom stereocenters. The summed E-state index contributed by atoms with van der Waals surface area (Å²) in [4.78, 5) is 11.6. The smallest absolute Gasteiger partial charge is 0.246 e. The molecule has 1 aromatic carbocycles. The molecule has 0 fully saturated rings. The molecule has 0 spiro atoms. The number of rotatable bonds is 6. The molecule has 0 saturated carbocycles. The predicted molar refractivity (Wildman–Crippen MR) is 91.9 cm³/mol. The Morgan fingerprint density at radius 2 is 1.82 bits per heavy atom. The molecule has 1 N–H and O–H groups in total. The highest BCUT2D eigenvalue weighted by Crippen LogP contribution is 2.34. The molecule has 0 radical (unpaired) electrons. The van der Waals surface area contributed by atoms with E-state index < -0.39 is 10.0 Å². The van der Waals surface area contributed by atoms with E-state index in [0.717, 1.165) is 4.31 Å². The number of nitrogens with one attached hydrogen (secondary N) is 1. The molecule has 5 nitrogen and oxygen atoms in total. The fourth-order valence-corrected chi connectivity index (χ4v) is 5.09. The van der Waals surface area contributed by atoms with E-state index in [9.17, 15) is 13.2 Å². The summed E-state index contributed by atoms with van der Waals surface area (Å²) in [6.07, 6.45) is 0. The van der Waals surface area contributed by atoms with Crippen molar-refractivity contribution in [3.8, 4) is 0 Å². The van der Waals surface area contributed by atoms with Crippen LogP contribution in [0.15, 0.2) is 21.5 Å². The van der Waals surface area contributed by atoms with Crippen molar-refractivity contribution in [3.05, 3.63) is 26.7 Å². The molecule has 0 aliphatic heterocycles. The van der Waals surface area contributed by atoms with Crippen LogP contribution in [0.5, 0.6) is 0 Å². The van der Waals surface area contributed by atoms with Crippen molar-refractivity contribution in [1.82, 2.24) is 9.62 Å². The first-order valence-corrected chi connectivity index (χ1v) is 9.52. The maximum atomic E-state index is 12.7. The first-order valence-electron chi connectivity index (χ1n) is 6.53. The zero-order chi connectivity index (χ0) is 17.1. The molecule has 22 heavy (non-hydrogen) atoms. The van der Waals surface area contributed by atoms with E-state index in [1.807, 2.05) is 0 Å². The van der Waals surface area contributed by atoms with Crippen molar-refractivity contribution in [2.75, 3.05) is 13.1 Å². The minimum absolute atomic E-state index is 0.00194. The zero-order valence-corrected chi connectivity index (χ0v) is 16.3. The number of carbonyl (C=O) groups is 1. The van der Waals surface area contributed by atoms with E-state index in [-0.39, 0.29) is 40.0 Å². The number of nitrogens with zero attached hydrogens (tertiary/aromatic N) is 1. The number of sulfonamides is 1. The summed E-state index contributed by atoms with van der Waals surface area (Å²) in [6, 6.07) is 2.82. The minimum Gasteiger partial charge on any atom is -0.353 e. The van der Waals surface area contributed by atoms with Gasteiger partial charge < -0.3 is 5.32 Å². The summed E-state index contributed by atoms with van der Waals surface area (Å²) in [7, 11) is -3.97. The third-order valence-corrected chi connectivity index (χ3v) is 5.98. The van der Waals surface area contributed by atoms with Gasteiger partial charge >= 0.3 is 0 Å². The van der Waals surface area contributed by atoms with Crippen LogP contribution in [0.25, 0.3) is 0 Å². The standard InChI is InChI=1S/C13H17BrCl2N2O3S/c1-4-18(7-12(19)17-8(2)3)22(20,21)13-10(15)5-9(14)6-11(13)16/h5-6,8H,4,7H2,1-3H3,(H,17,19). The summed E-state index contributed by atoms with van der Waals surface area (Å²) in [5, 5.41) is 2.65. The number of likely N-dealkylation sites (N-methyl/N-ethyl adjacent to an activating group) is 1. The molecule has 0 aromatic heterocycles. The van der Waals surface area contributed by atoms with Crippen LogP contribution in [-0.2, 0) is 14.8 Å². The minimum atomic E-state index is -3.97. The van der Waals surface area contributed by atoms with Crippen molar-refractivity contribution in [2.45, 2.75) is 31.7 Å². The summed E-state index contributed by atoms with van der Waals surface area (Å²) in [5.41, 5.74) is 0. The molecule has 124 valence electrons. The molecule has 0 bridgehead atoms. The Kier molecular flexibility index (Phi) is 7.14. The molecule has 1 aromatic rings. The molecule has 0 atom stereocenters. The number of hydrogen-bond donors (Lipinski definition) is 1. The van der Waals surface area contributed by atoms with Gasteiger partial charge in [0, 0.05) is 17.1 Å². The van der Waals surface area contributed by atoms with Crippen LogP contribution >= 0.6 is 39.1 Å². The highest BCUT2D eigenvalue weighted by atomic mass is 79.9. The molecule has 0 aliphatic carbocycles. The first-order chi connectivity index (χ1) is 10.1. The van der Waals surface area contributed by atoms with E-state index in [0.29, 0.717) is 4.47 Å². The highest BCUT2D eigenvalue weighted by molar-refractivity contribution is 9.10. The van der Waals surface area contributed by atoms with Crippen molar-refractivity contribution in [2.24, 2.45) is 0 Å². The van der Waals surface area contributed by atoms with Crippen LogP contribution in [0.2, 0.25) is 10.0 Å². The summed E-state index contributed by atoms with van der Waals surface area (Å²) < 4.78 is 27.0. The van der Waals surface area contributed by atoms with Crippen molar-refractivity contribution in [1.29, 1.82) is 0 Å². The van der Waals surface area contributed by atoms with Crippen LogP contribution in [0.4, 0.5) is 0 Å². The van der Waals surface area contributed by atoms with E-state index >= 15 is 0 Å². The first kappa shape index (κ1) is 19.7. The fraction of sp³-hybridized carbons (Fsp3) is 0.462. The van der Waals surface area contributed by atoms with Gasteiger partial charge in [-0.1, -0.05) is 46.1 Å². The van der Waals surface area contributed by atoms with Gasteiger partial charge in [0.25, 0.3) is 0 Å². The number of hydrogen-bond acceptors (Lipinski definition) is 3. The monoisotopic (exact) mass is 430 g/mol. The second-order valence-electron chi connectivity index (χ2n) is 4.85. The zero-order valence-electron chi connectivity index (χ0n) is 12.4. The van der Waals surface area contributed by atoms with Gasteiger partial charge in [-0.3, -0.25) is 4.79 Å². The molecule has 0 aliphatic rings. The van der Waals surface area contributed by atoms with Gasteiger partial charge in [-0.05, 0) is 26.0 Å². The number of benzene rings is 1. The lowest BCUT2D eigenvalue weighted by Gasteiger charge is -2.22. The average Bonchev–Trinajstić information content (AvgIpc) is 2.32. The van der Waals surface area contributed by atoms with Crippen molar-refractivity contribution in [3.63, 3.8) is 0 Å². The SMILES string of the molecule is CCN(CC(=O)NC(C)C)S(=O)(=O)c1c(Cl)cc(Br)cc1Cl. The Labute approximate surface area is 149 Å². The molecular weight excluding hydrogens is 415 g/mol. The predicted octanol–water partition coefficient (Wildman–Crippen LogP) is 3.29. The molecule has 1 rings (SSSR count). The topological polar surface area (TPSA) is 66.5 Å². The lowest BCUT2D eigenvalue weighted by atomic mass is 10.4. The van der Waals surface area contributed by atoms with Crippen molar-refractivity contribution >= 4 is 55.1 Å². The Balaban J connectivity index is 3.18. The van der Waals surface area contributed by atoms with Gasteiger partial charge in [-0.2, -0.15) is 4.31 Å². The van der Waals surface area contributed by atoms with Crippen LogP contribution in [0.1, 0.15) is 20.8 Å². The quantitative estimate of drug-likeness (QED) is 0.751. The molecule has 0 saturated heterocycles. The number of carbonyl (C=O) groups excluding carboxylic acids is 1. The summed E-state index contributed by atoms with van der Waals surface area (Å²) >= 11 is 15.2. The van der Waals surface area contributed by atoms with Gasteiger partial charge in [0.15, 0.2) is 0 Å². The lowest BCUT2D eigenvalue weighted by Crippen LogP contribution is -2.42. The fourth-order valence-electron chi connectivity index (χ4n) is 1.80. The van der Waals surface area contributed by atoms with E-state index in [1.54, 1.807) is 20.8 Å². The highest BCUT2D eigenvalue weighted by Gasteiger charge is 2.30. The number of amides is 1. The third-order valence-electron chi connectivity index (χ3n) is 2.68. The Morgan fingerprint density at radius 1 is 1.32 bits per heavy atom. The second kappa shape index (κ2) is 7.97. The van der Waals surface area contributed by atoms with E-state index in [2.05, 4.69) is 21.2 Å². The van der Waals surface area contributed by atoms with Crippen LogP contribution in [-0.4, -0.2) is 37.8 Å². The molecular formula is C13H17BrCl2N2O3S. The van der Waals surface area contributed by atoms with Crippen molar-refractivity contribution < 1.29 is 13.2 Å². The van der Waals surface area contributed by atoms with Gasteiger partial charge in [0.1, 0.15) is 4.90 Å². The third kappa shape index (κ3) is 4.83. The van der Waals surface area contributed by atoms with Gasteiger partial charge in [-0.25, -0.2) is 8.42 Å². The molecule has 1 amide bonds. The Bertz CT molecular complexity index is 642. The summed E-state index contributed by atoms with van der Waals surface area (Å²) in [5.74, 6) is -0.384. The lowest BCUT2D eigenvalue weighted by molar-refractivity contribution is -0.121. The van der Waals surface area contributed by atoms with E-state index in [1.165, 1.54) is 12.1 Å². The largest absolute Gasteiger partial charge is 0.353 e.